The fourth-order valence-electron chi connectivity index (χ4n) is 8.32. The standard InChI is InChI=1S/C53H30N6S/c1-55-45-29-33(32-54)23-26-38(45)36-24-27-47-43(30-36)40-17-8-10-21-46(40)59(47)48-28-25-37(39-19-12-20-42-41-18-9-11-22-49(41)60-50(39)42)31-44(48)53-57-51(34-13-4-2-5-14-34)56-52(58-53)35-15-6-3-7-16-35/h2-31H. The fourth-order valence-corrected chi connectivity index (χ4v) is 9.56. The number of aromatic nitrogens is 4. The molecule has 6 nitrogen and oxygen atoms in total. The van der Waals surface area contributed by atoms with Crippen molar-refractivity contribution < 1.29 is 0 Å². The van der Waals surface area contributed by atoms with Crippen molar-refractivity contribution in [3.8, 4) is 68.2 Å². The number of para-hydroxylation sites is 1. The molecule has 0 spiro atoms. The first-order chi connectivity index (χ1) is 29.6. The largest absolute Gasteiger partial charge is 0.309 e. The van der Waals surface area contributed by atoms with Crippen LogP contribution in [-0.2, 0) is 0 Å². The van der Waals surface area contributed by atoms with Crippen LogP contribution in [0.3, 0.4) is 0 Å². The van der Waals surface area contributed by atoms with Gasteiger partial charge in [-0.1, -0.05) is 133 Å². The topological polar surface area (TPSA) is 71.8 Å². The lowest BCUT2D eigenvalue weighted by molar-refractivity contribution is 1.06. The maximum absolute atomic E-state index is 9.53. The molecule has 11 aromatic rings. The molecule has 0 aliphatic rings. The molecule has 60 heavy (non-hydrogen) atoms. The van der Waals surface area contributed by atoms with Crippen LogP contribution in [0.5, 0.6) is 0 Å². The third-order valence-electron chi connectivity index (χ3n) is 11.1. The summed E-state index contributed by atoms with van der Waals surface area (Å²) in [4.78, 5) is 19.4. The van der Waals surface area contributed by atoms with E-state index in [1.165, 1.54) is 20.2 Å². The summed E-state index contributed by atoms with van der Waals surface area (Å²) in [7, 11) is 0. The number of hydrogen-bond acceptors (Lipinski definition) is 5. The van der Waals surface area contributed by atoms with Crippen molar-refractivity contribution in [3.63, 3.8) is 0 Å². The molecule has 7 heteroatoms. The monoisotopic (exact) mass is 782 g/mol. The zero-order valence-corrected chi connectivity index (χ0v) is 32.7. The highest BCUT2D eigenvalue weighted by atomic mass is 32.1. The zero-order chi connectivity index (χ0) is 40.2. The number of rotatable bonds is 6. The van der Waals surface area contributed by atoms with E-state index >= 15 is 0 Å². The van der Waals surface area contributed by atoms with E-state index in [-0.39, 0.29) is 0 Å². The van der Waals surface area contributed by atoms with Crippen molar-refractivity contribution >= 4 is 59.0 Å². The van der Waals surface area contributed by atoms with Crippen LogP contribution in [0, 0.1) is 17.9 Å². The molecule has 11 rings (SSSR count). The van der Waals surface area contributed by atoms with Crippen molar-refractivity contribution in [3.05, 3.63) is 199 Å². The van der Waals surface area contributed by atoms with Crippen molar-refractivity contribution in [1.82, 2.24) is 19.5 Å². The minimum atomic E-state index is 0.446. The van der Waals surface area contributed by atoms with Gasteiger partial charge in [0.25, 0.3) is 0 Å². The van der Waals surface area contributed by atoms with Crippen LogP contribution in [0.2, 0.25) is 0 Å². The smallest absolute Gasteiger partial charge is 0.196 e. The SMILES string of the molecule is [C-]#[N+]c1cc(C#N)ccc1-c1ccc2c(c1)c1ccccc1n2-c1ccc(-c2cccc3c2sc2ccccc23)cc1-c1nc(-c2ccccc2)nc(-c2ccccc2)n1. The quantitative estimate of drug-likeness (QED) is 0.158. The first-order valence-electron chi connectivity index (χ1n) is 19.5. The van der Waals surface area contributed by atoms with Gasteiger partial charge in [-0.15, -0.1) is 11.3 Å². The number of thiophene rings is 1. The summed E-state index contributed by atoms with van der Waals surface area (Å²) in [6, 6.07) is 64.2. The molecule has 0 aliphatic heterocycles. The maximum atomic E-state index is 9.53. The average Bonchev–Trinajstić information content (AvgIpc) is 3.87. The van der Waals surface area contributed by atoms with E-state index in [2.05, 4.69) is 119 Å². The number of benzene rings is 8. The van der Waals surface area contributed by atoms with Gasteiger partial charge in [0.05, 0.1) is 29.4 Å². The minimum absolute atomic E-state index is 0.446. The Balaban J connectivity index is 1.20. The number of fused-ring (bicyclic) bond motifs is 6. The second-order valence-corrected chi connectivity index (χ2v) is 15.6. The van der Waals surface area contributed by atoms with E-state index in [1.807, 2.05) is 78.1 Å². The number of hydrogen-bond donors (Lipinski definition) is 0. The van der Waals surface area contributed by atoms with Gasteiger partial charge in [0.15, 0.2) is 23.2 Å². The Morgan fingerprint density at radius 2 is 1.12 bits per heavy atom. The summed E-state index contributed by atoms with van der Waals surface area (Å²) in [5.74, 6) is 1.74. The summed E-state index contributed by atoms with van der Waals surface area (Å²) in [5.41, 5.74) is 10.4. The van der Waals surface area contributed by atoms with Crippen LogP contribution in [0.4, 0.5) is 5.69 Å². The molecule has 0 aliphatic carbocycles. The van der Waals surface area contributed by atoms with Gasteiger partial charge in [0, 0.05) is 53.2 Å². The Bertz CT molecular complexity index is 3520. The summed E-state index contributed by atoms with van der Waals surface area (Å²) in [5, 5.41) is 14.1. The summed E-state index contributed by atoms with van der Waals surface area (Å²) >= 11 is 1.81. The molecule has 0 amide bonds. The van der Waals surface area contributed by atoms with Gasteiger partial charge in [-0.2, -0.15) is 5.26 Å². The predicted octanol–water partition coefficient (Wildman–Crippen LogP) is 14.1. The van der Waals surface area contributed by atoms with E-state index in [0.717, 1.165) is 66.4 Å². The van der Waals surface area contributed by atoms with Crippen LogP contribution in [0.1, 0.15) is 5.56 Å². The normalized spacial score (nSPS) is 11.3. The molecule has 3 aromatic heterocycles. The number of nitrogens with zero attached hydrogens (tertiary/aromatic N) is 6. The lowest BCUT2D eigenvalue weighted by atomic mass is 9.99. The van der Waals surface area contributed by atoms with Crippen molar-refractivity contribution in [2.75, 3.05) is 0 Å². The maximum Gasteiger partial charge on any atom is 0.196 e. The molecule has 0 saturated heterocycles. The molecule has 0 bridgehead atoms. The molecule has 3 heterocycles. The Morgan fingerprint density at radius 3 is 1.87 bits per heavy atom. The summed E-state index contributed by atoms with van der Waals surface area (Å²) in [6.07, 6.45) is 0. The average molecular weight is 783 g/mol. The third-order valence-corrected chi connectivity index (χ3v) is 12.3. The fraction of sp³-hybridized carbons (Fsp3) is 0. The highest BCUT2D eigenvalue weighted by Gasteiger charge is 2.22. The van der Waals surface area contributed by atoms with E-state index in [4.69, 9.17) is 21.5 Å². The van der Waals surface area contributed by atoms with Crippen molar-refractivity contribution in [2.24, 2.45) is 0 Å². The van der Waals surface area contributed by atoms with Crippen LogP contribution in [-0.4, -0.2) is 19.5 Å². The van der Waals surface area contributed by atoms with E-state index in [9.17, 15) is 5.26 Å². The highest BCUT2D eigenvalue weighted by molar-refractivity contribution is 7.26. The molecule has 0 radical (unpaired) electrons. The second-order valence-electron chi connectivity index (χ2n) is 14.6. The Hall–Kier alpha value is -8.23. The molecule has 278 valence electrons. The van der Waals surface area contributed by atoms with Gasteiger partial charge in [-0.25, -0.2) is 19.8 Å². The molecule has 0 N–H and O–H groups in total. The number of nitriles is 1. The van der Waals surface area contributed by atoms with Gasteiger partial charge in [-0.05, 0) is 70.8 Å². The van der Waals surface area contributed by atoms with E-state index < -0.39 is 0 Å². The lowest BCUT2D eigenvalue weighted by Gasteiger charge is -2.17. The molecule has 0 fully saturated rings. The van der Waals surface area contributed by atoms with Gasteiger partial charge < -0.3 is 4.57 Å². The van der Waals surface area contributed by atoms with Gasteiger partial charge in [0.2, 0.25) is 0 Å². The summed E-state index contributed by atoms with van der Waals surface area (Å²) in [6.45, 7) is 7.91. The van der Waals surface area contributed by atoms with Crippen molar-refractivity contribution in [1.29, 1.82) is 5.26 Å². The molecular weight excluding hydrogens is 753 g/mol. The van der Waals surface area contributed by atoms with Gasteiger partial charge in [-0.3, -0.25) is 0 Å². The second kappa shape index (κ2) is 14.3. The first-order valence-corrected chi connectivity index (χ1v) is 20.3. The zero-order valence-electron chi connectivity index (χ0n) is 31.9. The Labute approximate surface area is 349 Å². The summed E-state index contributed by atoms with van der Waals surface area (Å²) < 4.78 is 4.79. The van der Waals surface area contributed by atoms with E-state index in [1.54, 1.807) is 12.1 Å². The Morgan fingerprint density at radius 1 is 0.483 bits per heavy atom. The molecule has 0 saturated carbocycles. The minimum Gasteiger partial charge on any atom is -0.309 e. The van der Waals surface area contributed by atoms with Crippen LogP contribution >= 0.6 is 11.3 Å². The van der Waals surface area contributed by atoms with Gasteiger partial charge in [0.1, 0.15) is 0 Å². The van der Waals surface area contributed by atoms with Crippen molar-refractivity contribution in [2.45, 2.75) is 0 Å². The molecule has 0 atom stereocenters. The predicted molar refractivity (Wildman–Crippen MR) is 245 cm³/mol. The molecule has 0 unspecified atom stereocenters. The van der Waals surface area contributed by atoms with Crippen LogP contribution in [0.15, 0.2) is 182 Å². The van der Waals surface area contributed by atoms with Crippen LogP contribution < -0.4 is 0 Å². The van der Waals surface area contributed by atoms with E-state index in [0.29, 0.717) is 28.7 Å². The molecule has 8 aromatic carbocycles. The van der Waals surface area contributed by atoms with Crippen LogP contribution in [0.25, 0.3) is 109 Å². The molecular formula is C53H30N6S. The highest BCUT2D eigenvalue weighted by Crippen LogP contribution is 2.44. The third kappa shape index (κ3) is 5.81. The Kier molecular flexibility index (Phi) is 8.34. The van der Waals surface area contributed by atoms with Gasteiger partial charge >= 0.3 is 0 Å². The first kappa shape index (κ1) is 35.0. The lowest BCUT2D eigenvalue weighted by Crippen LogP contribution is -2.04.